The van der Waals surface area contributed by atoms with Gasteiger partial charge in [0.15, 0.2) is 0 Å². The second-order valence-corrected chi connectivity index (χ2v) is 35.4. The predicted molar refractivity (Wildman–Crippen MR) is 506 cm³/mol. The van der Waals surface area contributed by atoms with Crippen LogP contribution in [0.3, 0.4) is 0 Å². The van der Waals surface area contributed by atoms with E-state index in [1.807, 2.05) is 165 Å². The van der Waals surface area contributed by atoms with Gasteiger partial charge in [-0.15, -0.1) is 0 Å². The van der Waals surface area contributed by atoms with E-state index in [-0.39, 0.29) is 83.3 Å². The Morgan fingerprint density at radius 3 is 0.864 bits per heavy atom. The van der Waals surface area contributed by atoms with E-state index in [0.717, 1.165) is 119 Å². The van der Waals surface area contributed by atoms with Crippen molar-refractivity contribution in [2.45, 2.75) is 167 Å². The number of carbonyl (C=O) groups excluding carboxylic acids is 10. The maximum atomic E-state index is 13.7. The molecule has 6 fully saturated rings. The molecule has 700 valence electrons. The summed E-state index contributed by atoms with van der Waals surface area (Å²) in [5.41, 5.74) is 13.0. The van der Waals surface area contributed by atoms with Gasteiger partial charge in [0.1, 0.15) is 47.9 Å². The van der Waals surface area contributed by atoms with Gasteiger partial charge in [0.2, 0.25) is 35.4 Å². The molecule has 6 aliphatic rings. The molecule has 32 nitrogen and oxygen atoms in total. The molecule has 32 heteroatoms. The van der Waals surface area contributed by atoms with Gasteiger partial charge >= 0.3 is 24.4 Å². The first-order valence-corrected chi connectivity index (χ1v) is 45.7. The number of carbonyl (C=O) groups is 10. The van der Waals surface area contributed by atoms with E-state index in [2.05, 4.69) is 135 Å². The zero-order valence-corrected chi connectivity index (χ0v) is 77.2. The maximum Gasteiger partial charge on any atom is 0.407 e. The van der Waals surface area contributed by atoms with Crippen LogP contribution in [0.5, 0.6) is 0 Å². The highest BCUT2D eigenvalue weighted by Crippen LogP contribution is 2.50. The van der Waals surface area contributed by atoms with E-state index in [1.54, 1.807) is 9.80 Å². The summed E-state index contributed by atoms with van der Waals surface area (Å²) in [4.78, 5) is 151. The van der Waals surface area contributed by atoms with Crippen LogP contribution in [0.2, 0.25) is 0 Å². The lowest BCUT2D eigenvalue weighted by Crippen LogP contribution is -2.54. The number of methoxy groups -OCH3 is 4. The third-order valence-electron chi connectivity index (χ3n) is 25.5. The average Bonchev–Trinajstić information content (AvgIpc) is 1.62. The maximum absolute atomic E-state index is 13.7. The zero-order chi connectivity index (χ0) is 93.8. The molecular weight excluding hydrogens is 1680 g/mol. The normalized spacial score (nSPS) is 19.3. The number of hydrogen-bond acceptors (Lipinski definition) is 22. The van der Waals surface area contributed by atoms with Crippen LogP contribution < -0.4 is 62.1 Å². The number of hydrogen-bond donors (Lipinski definition) is 8. The SMILES string of the molecule is COC(=O)N[C@H](C(=O)Nc1ccc([C@@H]2CC[C@H](c3ccc(NC(=O)[C@@H]4CCCN4C(=O)[C@@H](NC(=O)OC)C(C)C)cc3)N2c2ccc(-c3ccc(N4CCOCC4)nc3)cc2)cc1)C(C)C.COC(=O)N[C@H](C(=O)Nc1ccc([C@H]2CC[C@@H](c3ccc(NC(=O)[C@@H]4CCCN4C(=O)[C@@H](NC(=O)OC)C(C)C)cc3)N2c2ccc(-c3ccc(N4CCOCC4)nc3)cc2)cc1)C(C)C. The Labute approximate surface area is 771 Å². The second kappa shape index (κ2) is 45.0. The van der Waals surface area contributed by atoms with Gasteiger partial charge in [-0.2, -0.15) is 0 Å². The van der Waals surface area contributed by atoms with Crippen LogP contribution in [-0.2, 0) is 57.2 Å². The van der Waals surface area contributed by atoms with Crippen molar-refractivity contribution in [3.63, 3.8) is 0 Å². The van der Waals surface area contributed by atoms with Crippen LogP contribution in [0.4, 0.5) is 64.9 Å². The molecule has 0 radical (unpaired) electrons. The Bertz CT molecular complexity index is 4930. The van der Waals surface area contributed by atoms with E-state index >= 15 is 0 Å². The van der Waals surface area contributed by atoms with E-state index in [1.165, 1.54) is 28.4 Å². The van der Waals surface area contributed by atoms with Crippen molar-refractivity contribution in [2.24, 2.45) is 23.7 Å². The third kappa shape index (κ3) is 23.7. The van der Waals surface area contributed by atoms with E-state index in [4.69, 9.17) is 38.4 Å². The lowest BCUT2D eigenvalue weighted by Gasteiger charge is -2.33. The summed E-state index contributed by atoms with van der Waals surface area (Å²) < 4.78 is 30.0. The minimum Gasteiger partial charge on any atom is -0.453 e. The Morgan fingerprint density at radius 2 is 0.598 bits per heavy atom. The molecular formula is C100H124N16O16. The van der Waals surface area contributed by atoms with Crippen molar-refractivity contribution in [1.82, 2.24) is 41.0 Å². The quantitative estimate of drug-likeness (QED) is 0.0211. The molecule has 8 aromatic rings. The van der Waals surface area contributed by atoms with Crippen LogP contribution >= 0.6 is 0 Å². The fourth-order valence-electron chi connectivity index (χ4n) is 18.2. The van der Waals surface area contributed by atoms with E-state index in [0.29, 0.717) is 87.9 Å². The summed E-state index contributed by atoms with van der Waals surface area (Å²) in [6.07, 6.45) is 6.93. The number of likely N-dealkylation sites (tertiary alicyclic amines) is 2. The fourth-order valence-corrected chi connectivity index (χ4v) is 18.2. The fraction of sp³-hybridized carbons (Fsp3) is 0.440. The standard InChI is InChI=1S/2C50H62N8O8/c2*1-31(2)44(54-49(62)64-5)47(60)53-38-18-11-35(12-19-38)41-23-22-40(58(41)39-20-13-33(14-21-39)36-15-24-43(51-30-36)56-26-28-66-29-27-56)34-9-16-37(17-10-34)52-46(59)42-8-7-25-57(42)48(61)45(32(3)4)55-50(63)65-6/h2*9-21,24,30-32,40-42,44-45H,7-8,22-23,25-29H2,1-6H3,(H,52,59)(H,53,60)(H,54,62)(H,55,63)/t40-,41+,42+,44+,45+;40-,41+,42-,44-,45-/m10/s1. The highest BCUT2D eigenvalue weighted by Gasteiger charge is 2.43. The summed E-state index contributed by atoms with van der Waals surface area (Å²) in [6.45, 7) is 21.7. The molecule has 6 aromatic carbocycles. The van der Waals surface area contributed by atoms with Crippen molar-refractivity contribution in [1.29, 1.82) is 0 Å². The summed E-state index contributed by atoms with van der Waals surface area (Å²) >= 11 is 0. The van der Waals surface area contributed by atoms with Gasteiger partial charge in [-0.05, 0) is 205 Å². The highest BCUT2D eigenvalue weighted by molar-refractivity contribution is 6.01. The molecule has 10 atom stereocenters. The lowest BCUT2D eigenvalue weighted by atomic mass is 10.0. The first kappa shape index (κ1) is 96.2. The largest absolute Gasteiger partial charge is 0.453 e. The number of ether oxygens (including phenoxy) is 6. The van der Waals surface area contributed by atoms with Gasteiger partial charge in [0, 0.05) is 96.9 Å². The molecule has 8 N–H and O–H groups in total. The van der Waals surface area contributed by atoms with Gasteiger partial charge in [0.25, 0.3) is 0 Å². The van der Waals surface area contributed by atoms with E-state index < -0.39 is 60.6 Å². The topological polar surface area (TPSA) is 368 Å². The Morgan fingerprint density at radius 1 is 0.326 bits per heavy atom. The van der Waals surface area contributed by atoms with Crippen LogP contribution in [0.1, 0.15) is 153 Å². The number of morpholine rings is 2. The predicted octanol–water partition coefficient (Wildman–Crippen LogP) is 14.6. The molecule has 6 saturated heterocycles. The molecule has 2 aromatic heterocycles. The summed E-state index contributed by atoms with van der Waals surface area (Å²) in [6, 6.07) is 52.4. The van der Waals surface area contributed by atoms with Gasteiger partial charge < -0.3 is 100 Å². The minimum atomic E-state index is -0.818. The first-order chi connectivity index (χ1) is 63.7. The van der Waals surface area contributed by atoms with Gasteiger partial charge in [0.05, 0.1) is 79.0 Å². The summed E-state index contributed by atoms with van der Waals surface area (Å²) in [5, 5.41) is 22.5. The third-order valence-corrected chi connectivity index (χ3v) is 25.5. The van der Waals surface area contributed by atoms with Crippen LogP contribution in [-0.4, -0.2) is 210 Å². The number of benzene rings is 6. The van der Waals surface area contributed by atoms with E-state index in [9.17, 15) is 47.9 Å². The molecule has 10 amide bonds. The average molecular weight is 1810 g/mol. The molecule has 8 heterocycles. The molecule has 6 aliphatic heterocycles. The second-order valence-electron chi connectivity index (χ2n) is 35.4. The lowest BCUT2D eigenvalue weighted by molar-refractivity contribution is -0.139. The summed E-state index contributed by atoms with van der Waals surface area (Å²) in [7, 11) is 5.03. The molecule has 14 rings (SSSR count). The summed E-state index contributed by atoms with van der Waals surface area (Å²) in [5.74, 6) is -0.691. The van der Waals surface area contributed by atoms with Crippen LogP contribution in [0.25, 0.3) is 22.3 Å². The smallest absolute Gasteiger partial charge is 0.407 e. The first-order valence-electron chi connectivity index (χ1n) is 45.7. The molecule has 0 unspecified atom stereocenters. The van der Waals surface area contributed by atoms with Crippen LogP contribution in [0.15, 0.2) is 182 Å². The number of pyridine rings is 2. The number of rotatable bonds is 28. The van der Waals surface area contributed by atoms with Crippen molar-refractivity contribution in [2.75, 3.05) is 135 Å². The molecule has 132 heavy (non-hydrogen) atoms. The highest BCUT2D eigenvalue weighted by atomic mass is 16.6. The monoisotopic (exact) mass is 1800 g/mol. The molecule has 0 bridgehead atoms. The Kier molecular flexibility index (Phi) is 32.8. The number of aromatic nitrogens is 2. The number of anilines is 8. The Hall–Kier alpha value is -13.4. The van der Waals surface area contributed by atoms with Crippen molar-refractivity contribution < 1.29 is 76.4 Å². The van der Waals surface area contributed by atoms with Crippen LogP contribution in [0, 0.1) is 23.7 Å². The number of amides is 10. The van der Waals surface area contributed by atoms with Gasteiger partial charge in [-0.1, -0.05) is 128 Å². The zero-order valence-electron chi connectivity index (χ0n) is 77.2. The van der Waals surface area contributed by atoms with Crippen molar-refractivity contribution in [3.8, 4) is 22.3 Å². The molecule has 0 spiro atoms. The minimum absolute atomic E-state index is 0.00178. The van der Waals surface area contributed by atoms with Gasteiger partial charge in [-0.3, -0.25) is 28.8 Å². The number of alkyl carbamates (subject to hydrolysis) is 4. The van der Waals surface area contributed by atoms with Gasteiger partial charge in [-0.25, -0.2) is 29.1 Å². The number of nitrogens with one attached hydrogen (secondary N) is 8. The molecule has 0 aliphatic carbocycles. The number of nitrogens with zero attached hydrogens (tertiary/aromatic N) is 8. The Balaban J connectivity index is 0.000000224. The molecule has 0 saturated carbocycles. The van der Waals surface area contributed by atoms with Crippen molar-refractivity contribution in [3.05, 3.63) is 205 Å². The van der Waals surface area contributed by atoms with Crippen molar-refractivity contribution >= 4 is 106 Å².